The van der Waals surface area contributed by atoms with Crippen molar-refractivity contribution in [2.75, 3.05) is 0 Å². The predicted octanol–water partition coefficient (Wildman–Crippen LogP) is 5.03. The van der Waals surface area contributed by atoms with Gasteiger partial charge in [-0.2, -0.15) is 8.78 Å². The van der Waals surface area contributed by atoms with Crippen molar-refractivity contribution in [3.63, 3.8) is 0 Å². The van der Waals surface area contributed by atoms with Crippen LogP contribution in [0.1, 0.15) is 0 Å². The summed E-state index contributed by atoms with van der Waals surface area (Å²) in [5.41, 5.74) is 1.97. The molecule has 0 saturated heterocycles. The topological polar surface area (TPSA) is 47.1 Å². The fourth-order valence-corrected chi connectivity index (χ4v) is 2.16. The average Bonchev–Trinajstić information content (AvgIpc) is 2.97. The summed E-state index contributed by atoms with van der Waals surface area (Å²) in [6.07, 6.45) is -14.4. The van der Waals surface area contributed by atoms with Gasteiger partial charge in [0, 0.05) is 5.56 Å². The fourth-order valence-electron chi connectivity index (χ4n) is 2.16. The van der Waals surface area contributed by atoms with Gasteiger partial charge in [-0.3, -0.25) is 0 Å². The Hall–Kier alpha value is -2.75. The Morgan fingerprint density at radius 1 is 0.923 bits per heavy atom. The van der Waals surface area contributed by atoms with Crippen LogP contribution < -0.4 is 4.74 Å². The summed E-state index contributed by atoms with van der Waals surface area (Å²) in [6, 6.07) is 12.0. The maximum absolute atomic E-state index is 13.4. The van der Waals surface area contributed by atoms with E-state index in [-0.39, 0.29) is 0 Å². The lowest BCUT2D eigenvalue weighted by Gasteiger charge is -2.22. The first-order valence-electron chi connectivity index (χ1n) is 7.15. The molecule has 138 valence electrons. The van der Waals surface area contributed by atoms with Crippen molar-refractivity contribution >= 4 is 11.0 Å². The minimum Gasteiger partial charge on any atom is -0.429 e. The Morgan fingerprint density at radius 2 is 1.58 bits per heavy atom. The molecule has 0 bridgehead atoms. The summed E-state index contributed by atoms with van der Waals surface area (Å²) < 4.78 is 81.9. The highest BCUT2D eigenvalue weighted by Crippen LogP contribution is 2.32. The van der Waals surface area contributed by atoms with Crippen LogP contribution in [0, 0.1) is 0 Å². The van der Waals surface area contributed by atoms with Crippen LogP contribution in [0.15, 0.2) is 48.5 Å². The van der Waals surface area contributed by atoms with Crippen molar-refractivity contribution < 1.29 is 35.8 Å². The highest BCUT2D eigenvalue weighted by Gasteiger charge is 2.50. The van der Waals surface area contributed by atoms with Crippen LogP contribution in [-0.2, 0) is 4.74 Å². The van der Waals surface area contributed by atoms with Crippen molar-refractivity contribution in [3.05, 3.63) is 48.5 Å². The SMILES string of the molecule is FC(OC(F)(F)F)C(F)(F)Oc1ccc(-c2nc3ccccc3[nH]2)cc1. The summed E-state index contributed by atoms with van der Waals surface area (Å²) >= 11 is 0. The van der Waals surface area contributed by atoms with Gasteiger partial charge in [0.1, 0.15) is 11.6 Å². The number of ether oxygens (including phenoxy) is 2. The van der Waals surface area contributed by atoms with E-state index in [1.165, 1.54) is 12.1 Å². The molecule has 3 aromatic rings. The molecule has 0 amide bonds. The Bertz CT molecular complexity index is 859. The molecule has 3 rings (SSSR count). The van der Waals surface area contributed by atoms with E-state index in [2.05, 4.69) is 19.4 Å². The number of hydrogen-bond donors (Lipinski definition) is 1. The van der Waals surface area contributed by atoms with Gasteiger partial charge in [-0.25, -0.2) is 14.1 Å². The maximum atomic E-state index is 13.4. The smallest absolute Gasteiger partial charge is 0.429 e. The van der Waals surface area contributed by atoms with Crippen LogP contribution in [-0.4, -0.2) is 28.8 Å². The first kappa shape index (κ1) is 18.1. The molecule has 1 aromatic heterocycles. The highest BCUT2D eigenvalue weighted by molar-refractivity contribution is 5.79. The number of rotatable bonds is 5. The standard InChI is InChI=1S/C16H10F6N2O2/c17-14(26-16(20,21)22)15(18,19)25-10-7-5-9(6-8-10)13-23-11-3-1-2-4-12(11)24-13/h1-8,14H,(H,23,24). The number of benzene rings is 2. The maximum Gasteiger partial charge on any atom is 0.525 e. The van der Waals surface area contributed by atoms with Crippen LogP contribution in [0.25, 0.3) is 22.4 Å². The Kier molecular flexibility index (Phi) is 4.53. The van der Waals surface area contributed by atoms with E-state index in [1.807, 2.05) is 0 Å². The second-order valence-corrected chi connectivity index (χ2v) is 5.17. The molecule has 0 spiro atoms. The van der Waals surface area contributed by atoms with Crippen molar-refractivity contribution in [2.45, 2.75) is 18.8 Å². The van der Waals surface area contributed by atoms with E-state index in [0.29, 0.717) is 16.9 Å². The van der Waals surface area contributed by atoms with Crippen LogP contribution >= 0.6 is 0 Å². The number of fused-ring (bicyclic) bond motifs is 1. The van der Waals surface area contributed by atoms with Gasteiger partial charge in [0.25, 0.3) is 0 Å². The minimum atomic E-state index is -5.56. The molecule has 1 atom stereocenters. The first-order chi connectivity index (χ1) is 12.1. The van der Waals surface area contributed by atoms with Gasteiger partial charge in [-0.1, -0.05) is 12.1 Å². The Balaban J connectivity index is 1.75. The van der Waals surface area contributed by atoms with Crippen molar-refractivity contribution in [2.24, 2.45) is 0 Å². The number of hydrogen-bond acceptors (Lipinski definition) is 3. The largest absolute Gasteiger partial charge is 0.525 e. The number of nitrogens with zero attached hydrogens (tertiary/aromatic N) is 1. The molecule has 0 aliphatic carbocycles. The van der Waals surface area contributed by atoms with Crippen LogP contribution in [0.2, 0.25) is 0 Å². The summed E-state index contributed by atoms with van der Waals surface area (Å²) in [7, 11) is 0. The quantitative estimate of drug-likeness (QED) is 0.635. The number of nitrogens with one attached hydrogen (secondary N) is 1. The summed E-state index contributed by atoms with van der Waals surface area (Å²) in [5.74, 6) is -0.0865. The summed E-state index contributed by atoms with van der Waals surface area (Å²) in [6.45, 7) is 0. The van der Waals surface area contributed by atoms with Gasteiger partial charge in [0.05, 0.1) is 11.0 Å². The van der Waals surface area contributed by atoms with Crippen molar-refractivity contribution in [3.8, 4) is 17.1 Å². The molecule has 1 N–H and O–H groups in total. The summed E-state index contributed by atoms with van der Waals surface area (Å²) in [4.78, 5) is 7.32. The van der Waals surface area contributed by atoms with E-state index >= 15 is 0 Å². The first-order valence-corrected chi connectivity index (χ1v) is 7.15. The van der Waals surface area contributed by atoms with Crippen LogP contribution in [0.4, 0.5) is 26.3 Å². The molecule has 0 saturated carbocycles. The molecular weight excluding hydrogens is 366 g/mol. The lowest BCUT2D eigenvalue weighted by atomic mass is 10.2. The van der Waals surface area contributed by atoms with Crippen molar-refractivity contribution in [1.82, 2.24) is 9.97 Å². The van der Waals surface area contributed by atoms with Crippen LogP contribution in [0.3, 0.4) is 0 Å². The number of para-hydroxylation sites is 2. The molecule has 0 fully saturated rings. The molecule has 1 heterocycles. The molecule has 0 radical (unpaired) electrons. The predicted molar refractivity (Wildman–Crippen MR) is 79.1 cm³/mol. The second-order valence-electron chi connectivity index (χ2n) is 5.17. The molecule has 26 heavy (non-hydrogen) atoms. The Morgan fingerprint density at radius 3 is 2.19 bits per heavy atom. The van der Waals surface area contributed by atoms with Crippen molar-refractivity contribution in [1.29, 1.82) is 0 Å². The zero-order valence-electron chi connectivity index (χ0n) is 12.7. The van der Waals surface area contributed by atoms with Gasteiger partial charge in [-0.15, -0.1) is 13.2 Å². The van der Waals surface area contributed by atoms with Gasteiger partial charge >= 0.3 is 18.8 Å². The third-order valence-corrected chi connectivity index (χ3v) is 3.27. The van der Waals surface area contributed by atoms with E-state index < -0.39 is 24.6 Å². The number of alkyl halides is 6. The number of imidazole rings is 1. The second kappa shape index (κ2) is 6.52. The normalized spacial score (nSPS) is 13.8. The monoisotopic (exact) mass is 376 g/mol. The lowest BCUT2D eigenvalue weighted by molar-refractivity contribution is -0.411. The highest BCUT2D eigenvalue weighted by atomic mass is 19.4. The fraction of sp³-hybridized carbons (Fsp3) is 0.188. The summed E-state index contributed by atoms with van der Waals surface area (Å²) in [5, 5.41) is 0. The molecular formula is C16H10F6N2O2. The van der Waals surface area contributed by atoms with E-state index in [4.69, 9.17) is 0 Å². The number of aromatic nitrogens is 2. The third kappa shape index (κ3) is 4.07. The zero-order chi connectivity index (χ0) is 18.9. The Labute approximate surface area is 142 Å². The molecule has 2 aromatic carbocycles. The molecule has 1 unspecified atom stereocenters. The molecule has 4 nitrogen and oxygen atoms in total. The number of aromatic amines is 1. The van der Waals surface area contributed by atoms with E-state index in [1.54, 1.807) is 24.3 Å². The molecule has 0 aliphatic heterocycles. The molecule has 10 heteroatoms. The van der Waals surface area contributed by atoms with Gasteiger partial charge < -0.3 is 9.72 Å². The van der Waals surface area contributed by atoms with E-state index in [0.717, 1.165) is 17.6 Å². The minimum absolute atomic E-state index is 0.452. The third-order valence-electron chi connectivity index (χ3n) is 3.27. The van der Waals surface area contributed by atoms with Crippen LogP contribution in [0.5, 0.6) is 5.75 Å². The van der Waals surface area contributed by atoms with Gasteiger partial charge in [0.2, 0.25) is 0 Å². The van der Waals surface area contributed by atoms with E-state index in [9.17, 15) is 26.3 Å². The molecule has 0 aliphatic rings. The number of halogens is 6. The lowest BCUT2D eigenvalue weighted by Crippen LogP contribution is -2.41. The zero-order valence-corrected chi connectivity index (χ0v) is 12.7. The van der Waals surface area contributed by atoms with Gasteiger partial charge in [-0.05, 0) is 36.4 Å². The average molecular weight is 376 g/mol. The van der Waals surface area contributed by atoms with Gasteiger partial charge in [0.15, 0.2) is 0 Å². The number of H-pyrrole nitrogens is 1.